The van der Waals surface area contributed by atoms with Crippen molar-refractivity contribution in [2.75, 3.05) is 0 Å². The maximum absolute atomic E-state index is 13.3. The van der Waals surface area contributed by atoms with Crippen molar-refractivity contribution in [3.8, 4) is 0 Å². The Morgan fingerprint density at radius 2 is 1.75 bits per heavy atom. The highest BCUT2D eigenvalue weighted by Gasteiger charge is 2.47. The standard InChI is InChI=1S/C20H21NO2S/c1-14-7-11-18(12-8-14)24(22,23)21-15(2)13-17-10-9-16-5-3-4-6-19(16)20(17)21/h3-12,15,17,20H,13H2,1-2H3/t15-,17+,20-/m0/s1. The second kappa shape index (κ2) is 5.57. The molecule has 0 saturated carbocycles. The Kier molecular flexibility index (Phi) is 3.62. The first-order chi connectivity index (χ1) is 11.5. The third kappa shape index (κ3) is 2.33. The van der Waals surface area contributed by atoms with E-state index in [9.17, 15) is 8.42 Å². The van der Waals surface area contributed by atoms with Crippen LogP contribution in [0, 0.1) is 12.8 Å². The molecular formula is C20H21NO2S. The summed E-state index contributed by atoms with van der Waals surface area (Å²) < 4.78 is 28.4. The molecule has 0 unspecified atom stereocenters. The summed E-state index contributed by atoms with van der Waals surface area (Å²) in [5.41, 5.74) is 3.30. The van der Waals surface area contributed by atoms with Gasteiger partial charge in [-0.3, -0.25) is 0 Å². The molecule has 0 radical (unpaired) electrons. The van der Waals surface area contributed by atoms with E-state index >= 15 is 0 Å². The molecule has 2 aliphatic rings. The minimum absolute atomic E-state index is 0.0119. The van der Waals surface area contributed by atoms with Crippen LogP contribution >= 0.6 is 0 Å². The number of fused-ring (bicyclic) bond motifs is 3. The topological polar surface area (TPSA) is 37.4 Å². The Balaban J connectivity index is 1.83. The Morgan fingerprint density at radius 1 is 1.04 bits per heavy atom. The van der Waals surface area contributed by atoms with Gasteiger partial charge in [-0.05, 0) is 49.4 Å². The van der Waals surface area contributed by atoms with Crippen molar-refractivity contribution in [2.45, 2.75) is 37.2 Å². The average molecular weight is 339 g/mol. The van der Waals surface area contributed by atoms with Crippen LogP contribution in [0.2, 0.25) is 0 Å². The van der Waals surface area contributed by atoms with Crippen molar-refractivity contribution in [3.05, 3.63) is 71.3 Å². The van der Waals surface area contributed by atoms with Crippen LogP contribution in [0.15, 0.2) is 59.5 Å². The molecule has 2 aromatic carbocycles. The van der Waals surface area contributed by atoms with Crippen molar-refractivity contribution >= 4 is 16.1 Å². The number of nitrogens with zero attached hydrogens (tertiary/aromatic N) is 1. The third-order valence-electron chi connectivity index (χ3n) is 5.16. The number of hydrogen-bond acceptors (Lipinski definition) is 2. The molecule has 0 N–H and O–H groups in total. The molecule has 1 aliphatic heterocycles. The summed E-state index contributed by atoms with van der Waals surface area (Å²) in [4.78, 5) is 0.382. The van der Waals surface area contributed by atoms with Gasteiger partial charge in [-0.25, -0.2) is 8.42 Å². The fourth-order valence-corrected chi connectivity index (χ4v) is 5.87. The fraction of sp³-hybridized carbons (Fsp3) is 0.300. The van der Waals surface area contributed by atoms with E-state index in [1.165, 1.54) is 0 Å². The first kappa shape index (κ1) is 15.6. The second-order valence-electron chi connectivity index (χ2n) is 6.83. The van der Waals surface area contributed by atoms with Gasteiger partial charge in [0.1, 0.15) is 0 Å². The van der Waals surface area contributed by atoms with E-state index in [0.29, 0.717) is 4.90 Å². The second-order valence-corrected chi connectivity index (χ2v) is 8.67. The van der Waals surface area contributed by atoms with Crippen LogP contribution in [0.1, 0.15) is 36.1 Å². The summed E-state index contributed by atoms with van der Waals surface area (Å²) in [5, 5.41) is 0. The monoisotopic (exact) mass is 339 g/mol. The highest BCUT2D eigenvalue weighted by molar-refractivity contribution is 7.89. The Hall–Kier alpha value is -1.91. The maximum Gasteiger partial charge on any atom is 0.243 e. The van der Waals surface area contributed by atoms with Gasteiger partial charge in [0.15, 0.2) is 0 Å². The minimum atomic E-state index is -3.52. The zero-order chi connectivity index (χ0) is 16.9. The predicted molar refractivity (Wildman–Crippen MR) is 96.0 cm³/mol. The number of hydrogen-bond donors (Lipinski definition) is 0. The normalized spacial score (nSPS) is 26.2. The summed E-state index contributed by atoms with van der Waals surface area (Å²) in [6.45, 7) is 3.98. The summed E-state index contributed by atoms with van der Waals surface area (Å²) in [5.74, 6) is 0.245. The molecule has 3 nitrogen and oxygen atoms in total. The molecule has 2 aromatic rings. The lowest BCUT2D eigenvalue weighted by atomic mass is 9.85. The van der Waals surface area contributed by atoms with Crippen molar-refractivity contribution in [1.29, 1.82) is 0 Å². The maximum atomic E-state index is 13.3. The first-order valence-corrected chi connectivity index (χ1v) is 9.80. The van der Waals surface area contributed by atoms with E-state index in [0.717, 1.165) is 23.1 Å². The Morgan fingerprint density at radius 3 is 2.50 bits per heavy atom. The summed E-state index contributed by atoms with van der Waals surface area (Å²) in [6, 6.07) is 15.2. The van der Waals surface area contributed by atoms with Crippen molar-refractivity contribution < 1.29 is 8.42 Å². The van der Waals surface area contributed by atoms with E-state index in [1.807, 2.05) is 38.1 Å². The molecule has 4 rings (SSSR count). The Bertz CT molecular complexity index is 899. The molecule has 1 aliphatic carbocycles. The quantitative estimate of drug-likeness (QED) is 0.824. The van der Waals surface area contributed by atoms with Gasteiger partial charge in [-0.2, -0.15) is 4.31 Å². The van der Waals surface area contributed by atoms with Gasteiger partial charge in [0.05, 0.1) is 10.9 Å². The molecule has 4 heteroatoms. The van der Waals surface area contributed by atoms with Crippen LogP contribution in [-0.4, -0.2) is 18.8 Å². The van der Waals surface area contributed by atoms with E-state index in [2.05, 4.69) is 24.3 Å². The van der Waals surface area contributed by atoms with E-state index in [1.54, 1.807) is 16.4 Å². The summed E-state index contributed by atoms with van der Waals surface area (Å²) in [6.07, 6.45) is 5.17. The SMILES string of the molecule is Cc1ccc(S(=O)(=O)N2[C@@H]3c4ccccc4C=C[C@@H]3C[C@@H]2C)cc1. The Labute approximate surface area is 143 Å². The molecule has 3 atom stereocenters. The molecule has 1 saturated heterocycles. The van der Waals surface area contributed by atoms with Crippen LogP contribution in [0.25, 0.3) is 6.08 Å². The predicted octanol–water partition coefficient (Wildman–Crippen LogP) is 4.16. The van der Waals surface area contributed by atoms with Gasteiger partial charge in [0, 0.05) is 6.04 Å². The lowest BCUT2D eigenvalue weighted by Gasteiger charge is -2.32. The summed E-state index contributed by atoms with van der Waals surface area (Å²) >= 11 is 0. The summed E-state index contributed by atoms with van der Waals surface area (Å²) in [7, 11) is -3.52. The smallest absolute Gasteiger partial charge is 0.207 e. The highest BCUT2D eigenvalue weighted by Crippen LogP contribution is 2.48. The zero-order valence-electron chi connectivity index (χ0n) is 13.9. The minimum Gasteiger partial charge on any atom is -0.207 e. The zero-order valence-corrected chi connectivity index (χ0v) is 14.7. The van der Waals surface area contributed by atoms with Crippen molar-refractivity contribution in [3.63, 3.8) is 0 Å². The average Bonchev–Trinajstić information content (AvgIpc) is 2.92. The van der Waals surface area contributed by atoms with Gasteiger partial charge in [0.25, 0.3) is 0 Å². The number of sulfonamides is 1. The van der Waals surface area contributed by atoms with E-state index < -0.39 is 10.0 Å². The molecule has 1 heterocycles. The largest absolute Gasteiger partial charge is 0.243 e. The van der Waals surface area contributed by atoms with Crippen LogP contribution in [0.3, 0.4) is 0 Å². The van der Waals surface area contributed by atoms with E-state index in [4.69, 9.17) is 0 Å². The number of benzene rings is 2. The van der Waals surface area contributed by atoms with Gasteiger partial charge in [-0.1, -0.05) is 54.1 Å². The van der Waals surface area contributed by atoms with Gasteiger partial charge in [-0.15, -0.1) is 0 Å². The lowest BCUT2D eigenvalue weighted by Crippen LogP contribution is -2.37. The van der Waals surface area contributed by atoms with Gasteiger partial charge >= 0.3 is 0 Å². The van der Waals surface area contributed by atoms with E-state index in [-0.39, 0.29) is 18.0 Å². The van der Waals surface area contributed by atoms with Gasteiger partial charge in [0.2, 0.25) is 10.0 Å². The highest BCUT2D eigenvalue weighted by atomic mass is 32.2. The van der Waals surface area contributed by atoms with Crippen LogP contribution in [0.5, 0.6) is 0 Å². The fourth-order valence-electron chi connectivity index (χ4n) is 4.02. The first-order valence-electron chi connectivity index (χ1n) is 8.36. The van der Waals surface area contributed by atoms with Gasteiger partial charge < -0.3 is 0 Å². The molecule has 124 valence electrons. The third-order valence-corrected chi connectivity index (χ3v) is 7.17. The van der Waals surface area contributed by atoms with Crippen LogP contribution in [-0.2, 0) is 10.0 Å². The van der Waals surface area contributed by atoms with Crippen molar-refractivity contribution in [1.82, 2.24) is 4.31 Å². The number of rotatable bonds is 2. The number of aryl methyl sites for hydroxylation is 1. The molecule has 0 spiro atoms. The molecule has 24 heavy (non-hydrogen) atoms. The molecule has 0 bridgehead atoms. The molecule has 0 amide bonds. The molecule has 1 fully saturated rings. The molecule has 0 aromatic heterocycles. The molecular weight excluding hydrogens is 318 g/mol. The lowest BCUT2D eigenvalue weighted by molar-refractivity contribution is 0.326. The van der Waals surface area contributed by atoms with Crippen molar-refractivity contribution in [2.24, 2.45) is 5.92 Å². The van der Waals surface area contributed by atoms with Crippen LogP contribution in [0.4, 0.5) is 0 Å². The van der Waals surface area contributed by atoms with Crippen LogP contribution < -0.4 is 0 Å².